The van der Waals surface area contributed by atoms with Crippen LogP contribution in [0.5, 0.6) is 5.75 Å². The summed E-state index contributed by atoms with van der Waals surface area (Å²) in [7, 11) is 0. The molecule has 1 N–H and O–H groups in total. The van der Waals surface area contributed by atoms with E-state index in [1.165, 1.54) is 31.4 Å². The van der Waals surface area contributed by atoms with E-state index in [0.717, 1.165) is 18.3 Å². The highest BCUT2D eigenvalue weighted by Crippen LogP contribution is 2.31. The molecular formula is C15H23NO. The third kappa shape index (κ3) is 3.15. The lowest BCUT2D eigenvalue weighted by molar-refractivity contribution is 0.340. The molecule has 1 aromatic rings. The summed E-state index contributed by atoms with van der Waals surface area (Å²) in [6.45, 7) is 5.04. The molecule has 94 valence electrons. The average Bonchev–Trinajstić information content (AvgIpc) is 2.77. The van der Waals surface area contributed by atoms with Crippen molar-refractivity contribution in [3.63, 3.8) is 0 Å². The smallest absolute Gasteiger partial charge is 0.121 e. The molecule has 0 aliphatic heterocycles. The van der Waals surface area contributed by atoms with Gasteiger partial charge in [0.1, 0.15) is 5.75 Å². The Bertz CT molecular complexity index is 351. The van der Waals surface area contributed by atoms with Crippen LogP contribution >= 0.6 is 0 Å². The van der Waals surface area contributed by atoms with E-state index >= 15 is 0 Å². The molecule has 1 aliphatic rings. The second-order valence-corrected chi connectivity index (χ2v) is 4.81. The fourth-order valence-electron chi connectivity index (χ4n) is 2.77. The minimum Gasteiger partial charge on any atom is -0.494 e. The second-order valence-electron chi connectivity index (χ2n) is 4.81. The molecule has 2 heteroatoms. The molecule has 1 aromatic carbocycles. The molecule has 1 aliphatic carbocycles. The lowest BCUT2D eigenvalue weighted by Crippen LogP contribution is -2.23. The maximum atomic E-state index is 5.52. The van der Waals surface area contributed by atoms with Crippen molar-refractivity contribution in [3.8, 4) is 5.75 Å². The van der Waals surface area contributed by atoms with Gasteiger partial charge >= 0.3 is 0 Å². The first-order valence-electron chi connectivity index (χ1n) is 6.83. The SMILES string of the molecule is CCOc1cccc(NC2CCCC2CC)c1. The van der Waals surface area contributed by atoms with Gasteiger partial charge in [-0.15, -0.1) is 0 Å². The third-order valence-corrected chi connectivity index (χ3v) is 3.68. The number of hydrogen-bond acceptors (Lipinski definition) is 2. The Hall–Kier alpha value is -1.18. The van der Waals surface area contributed by atoms with Gasteiger partial charge in [-0.3, -0.25) is 0 Å². The van der Waals surface area contributed by atoms with Gasteiger partial charge in [0.15, 0.2) is 0 Å². The van der Waals surface area contributed by atoms with Gasteiger partial charge in [-0.05, 0) is 37.8 Å². The number of rotatable bonds is 5. The Morgan fingerprint density at radius 2 is 2.18 bits per heavy atom. The van der Waals surface area contributed by atoms with Crippen LogP contribution in [0.15, 0.2) is 24.3 Å². The molecule has 0 heterocycles. The van der Waals surface area contributed by atoms with Crippen LogP contribution in [-0.4, -0.2) is 12.6 Å². The van der Waals surface area contributed by atoms with E-state index in [2.05, 4.69) is 30.4 Å². The van der Waals surface area contributed by atoms with Crippen LogP contribution in [0, 0.1) is 5.92 Å². The molecule has 0 amide bonds. The van der Waals surface area contributed by atoms with Gasteiger partial charge in [-0.25, -0.2) is 0 Å². The van der Waals surface area contributed by atoms with Gasteiger partial charge in [-0.2, -0.15) is 0 Å². The molecule has 2 unspecified atom stereocenters. The Morgan fingerprint density at radius 1 is 1.29 bits per heavy atom. The first kappa shape index (κ1) is 12.3. The van der Waals surface area contributed by atoms with Crippen LogP contribution in [0.2, 0.25) is 0 Å². The fraction of sp³-hybridized carbons (Fsp3) is 0.600. The maximum Gasteiger partial charge on any atom is 0.121 e. The molecule has 0 bridgehead atoms. The average molecular weight is 233 g/mol. The Morgan fingerprint density at radius 3 is 2.94 bits per heavy atom. The summed E-state index contributed by atoms with van der Waals surface area (Å²) in [6, 6.07) is 8.96. The maximum absolute atomic E-state index is 5.52. The highest BCUT2D eigenvalue weighted by atomic mass is 16.5. The van der Waals surface area contributed by atoms with Crippen LogP contribution in [0.4, 0.5) is 5.69 Å². The molecule has 0 radical (unpaired) electrons. The fourth-order valence-corrected chi connectivity index (χ4v) is 2.77. The molecule has 0 saturated heterocycles. The highest BCUT2D eigenvalue weighted by Gasteiger charge is 2.25. The van der Waals surface area contributed by atoms with E-state index in [9.17, 15) is 0 Å². The third-order valence-electron chi connectivity index (χ3n) is 3.68. The predicted octanol–water partition coefficient (Wildman–Crippen LogP) is 4.08. The normalized spacial score (nSPS) is 23.6. The summed E-state index contributed by atoms with van der Waals surface area (Å²) >= 11 is 0. The Labute approximate surface area is 104 Å². The van der Waals surface area contributed by atoms with Crippen LogP contribution in [0.3, 0.4) is 0 Å². The zero-order valence-electron chi connectivity index (χ0n) is 10.9. The van der Waals surface area contributed by atoms with Crippen molar-refractivity contribution in [3.05, 3.63) is 24.3 Å². The van der Waals surface area contributed by atoms with Crippen molar-refractivity contribution < 1.29 is 4.74 Å². The zero-order chi connectivity index (χ0) is 12.1. The minimum atomic E-state index is 0.650. The number of nitrogens with one attached hydrogen (secondary N) is 1. The number of benzene rings is 1. The summed E-state index contributed by atoms with van der Waals surface area (Å²) in [4.78, 5) is 0. The van der Waals surface area contributed by atoms with Gasteiger partial charge in [0.2, 0.25) is 0 Å². The molecule has 17 heavy (non-hydrogen) atoms. The first-order valence-corrected chi connectivity index (χ1v) is 6.83. The molecule has 2 atom stereocenters. The lowest BCUT2D eigenvalue weighted by Gasteiger charge is -2.21. The lowest BCUT2D eigenvalue weighted by atomic mass is 10.0. The molecule has 0 spiro atoms. The van der Waals surface area contributed by atoms with E-state index in [0.29, 0.717) is 6.04 Å². The van der Waals surface area contributed by atoms with Crippen LogP contribution in [0.1, 0.15) is 39.5 Å². The first-order chi connectivity index (χ1) is 8.33. The van der Waals surface area contributed by atoms with Crippen molar-refractivity contribution in [1.82, 2.24) is 0 Å². The van der Waals surface area contributed by atoms with Crippen LogP contribution < -0.4 is 10.1 Å². The molecule has 2 rings (SSSR count). The molecule has 0 aromatic heterocycles. The highest BCUT2D eigenvalue weighted by molar-refractivity contribution is 5.49. The largest absolute Gasteiger partial charge is 0.494 e. The van der Waals surface area contributed by atoms with Crippen molar-refractivity contribution in [2.24, 2.45) is 5.92 Å². The monoisotopic (exact) mass is 233 g/mol. The number of hydrogen-bond donors (Lipinski definition) is 1. The van der Waals surface area contributed by atoms with E-state index in [4.69, 9.17) is 4.74 Å². The summed E-state index contributed by atoms with van der Waals surface area (Å²) in [5.74, 6) is 1.80. The second kappa shape index (κ2) is 5.95. The van der Waals surface area contributed by atoms with Gasteiger partial charge in [0.25, 0.3) is 0 Å². The molecule has 1 fully saturated rings. The zero-order valence-corrected chi connectivity index (χ0v) is 10.9. The van der Waals surface area contributed by atoms with E-state index in [1.807, 2.05) is 13.0 Å². The number of ether oxygens (including phenoxy) is 1. The molecular weight excluding hydrogens is 210 g/mol. The quantitative estimate of drug-likeness (QED) is 0.827. The molecule has 1 saturated carbocycles. The summed E-state index contributed by atoms with van der Waals surface area (Å²) in [5.41, 5.74) is 1.20. The van der Waals surface area contributed by atoms with Crippen molar-refractivity contribution >= 4 is 5.69 Å². The van der Waals surface area contributed by atoms with Crippen LogP contribution in [0.25, 0.3) is 0 Å². The Balaban J connectivity index is 2.00. The van der Waals surface area contributed by atoms with Gasteiger partial charge in [0, 0.05) is 17.8 Å². The van der Waals surface area contributed by atoms with Gasteiger partial charge in [-0.1, -0.05) is 25.8 Å². The van der Waals surface area contributed by atoms with E-state index in [1.54, 1.807) is 0 Å². The van der Waals surface area contributed by atoms with E-state index < -0.39 is 0 Å². The topological polar surface area (TPSA) is 21.3 Å². The van der Waals surface area contributed by atoms with Crippen LogP contribution in [-0.2, 0) is 0 Å². The van der Waals surface area contributed by atoms with Gasteiger partial charge < -0.3 is 10.1 Å². The van der Waals surface area contributed by atoms with E-state index in [-0.39, 0.29) is 0 Å². The standard InChI is InChI=1S/C15H23NO/c1-3-12-7-5-10-15(12)16-13-8-6-9-14(11-13)17-4-2/h6,8-9,11-12,15-16H,3-5,7,10H2,1-2H3. The molecule has 2 nitrogen and oxygen atoms in total. The number of anilines is 1. The minimum absolute atomic E-state index is 0.650. The summed E-state index contributed by atoms with van der Waals surface area (Å²) in [5, 5.41) is 3.66. The van der Waals surface area contributed by atoms with Crippen molar-refractivity contribution in [2.45, 2.75) is 45.6 Å². The van der Waals surface area contributed by atoms with Gasteiger partial charge in [0.05, 0.1) is 6.61 Å². The Kier molecular flexibility index (Phi) is 4.29. The predicted molar refractivity (Wildman–Crippen MR) is 72.7 cm³/mol. The summed E-state index contributed by atoms with van der Waals surface area (Å²) in [6.07, 6.45) is 5.32. The van der Waals surface area contributed by atoms with Crippen molar-refractivity contribution in [2.75, 3.05) is 11.9 Å². The van der Waals surface area contributed by atoms with Crippen molar-refractivity contribution in [1.29, 1.82) is 0 Å². The summed E-state index contributed by atoms with van der Waals surface area (Å²) < 4.78 is 5.52.